The van der Waals surface area contributed by atoms with Crippen molar-refractivity contribution in [2.45, 2.75) is 23.7 Å². The van der Waals surface area contributed by atoms with Crippen molar-refractivity contribution < 1.29 is 9.32 Å². The zero-order chi connectivity index (χ0) is 9.35. The Morgan fingerprint density at radius 2 is 2.33 bits per heavy atom. The van der Waals surface area contributed by atoms with Gasteiger partial charge in [0.1, 0.15) is 25.8 Å². The molecule has 1 aromatic rings. The fourth-order valence-electron chi connectivity index (χ4n) is 0.635. The van der Waals surface area contributed by atoms with Gasteiger partial charge in [-0.15, -0.1) is 11.3 Å². The molecule has 0 spiro atoms. The highest BCUT2D eigenvalue weighted by molar-refractivity contribution is 7.85. The third-order valence-electron chi connectivity index (χ3n) is 1.21. The predicted molar refractivity (Wildman–Crippen MR) is 48.0 cm³/mol. The molecule has 0 aliphatic carbocycles. The van der Waals surface area contributed by atoms with E-state index in [1.807, 2.05) is 0 Å². The van der Waals surface area contributed by atoms with E-state index in [0.29, 0.717) is 9.22 Å². The molecule has 0 aliphatic heterocycles. The van der Waals surface area contributed by atoms with Gasteiger partial charge >= 0.3 is 0 Å². The molecule has 12 heavy (non-hydrogen) atoms. The lowest BCUT2D eigenvalue weighted by atomic mass is 10.2. The van der Waals surface area contributed by atoms with Crippen molar-refractivity contribution >= 4 is 22.3 Å². The van der Waals surface area contributed by atoms with Gasteiger partial charge in [-0.05, 0) is 13.8 Å². The molecule has 1 rings (SSSR count). The maximum atomic E-state index is 10.8. The Bertz CT molecular complexity index is 303. The molecule has 0 aliphatic rings. The minimum absolute atomic E-state index is 0.479. The molecule has 1 heterocycles. The normalized spacial score (nSPS) is 14.7. The number of hydrogen-bond donors (Lipinski definition) is 2. The van der Waals surface area contributed by atoms with Crippen LogP contribution in [0.1, 0.15) is 18.9 Å². The number of hydrogen-bond acceptors (Lipinski definition) is 4. The predicted octanol–water partition coefficient (Wildman–Crippen LogP) is 0.352. The average Bonchev–Trinajstić information content (AvgIpc) is 2.30. The summed E-state index contributed by atoms with van der Waals surface area (Å²) in [7, 11) is -1.50. The number of nitrogens with two attached hydrogens (primary N) is 1. The van der Waals surface area contributed by atoms with E-state index < -0.39 is 16.6 Å². The van der Waals surface area contributed by atoms with Gasteiger partial charge < -0.3 is 5.11 Å². The Morgan fingerprint density at radius 1 is 1.75 bits per heavy atom. The first-order valence-electron chi connectivity index (χ1n) is 3.26. The van der Waals surface area contributed by atoms with E-state index in [-0.39, 0.29) is 0 Å². The van der Waals surface area contributed by atoms with Crippen molar-refractivity contribution in [2.75, 3.05) is 0 Å². The first-order chi connectivity index (χ1) is 5.41. The summed E-state index contributed by atoms with van der Waals surface area (Å²) < 4.78 is 11.2. The molecule has 0 aromatic carbocycles. The summed E-state index contributed by atoms with van der Waals surface area (Å²) >= 11 is 1.16. The summed E-state index contributed by atoms with van der Waals surface area (Å²) in [5, 5.41) is 15.1. The second-order valence-electron chi connectivity index (χ2n) is 2.84. The molecule has 0 fully saturated rings. The number of aliphatic hydroxyl groups is 1. The van der Waals surface area contributed by atoms with E-state index in [4.69, 9.17) is 5.14 Å². The SMILES string of the molecule is CC(C)(O)c1ncc(S(N)=O)s1. The molecule has 6 heteroatoms. The molecule has 0 radical (unpaired) electrons. The van der Waals surface area contributed by atoms with E-state index in [1.54, 1.807) is 13.8 Å². The molecule has 1 unspecified atom stereocenters. The molecule has 3 N–H and O–H groups in total. The molecule has 0 bridgehead atoms. The Morgan fingerprint density at radius 3 is 2.58 bits per heavy atom. The van der Waals surface area contributed by atoms with Crippen LogP contribution in [0, 0.1) is 0 Å². The smallest absolute Gasteiger partial charge is 0.134 e. The van der Waals surface area contributed by atoms with Crippen molar-refractivity contribution in [3.63, 3.8) is 0 Å². The first-order valence-corrected chi connectivity index (χ1v) is 5.29. The van der Waals surface area contributed by atoms with Gasteiger partial charge in [0, 0.05) is 0 Å². The largest absolute Gasteiger partial charge is 0.383 e. The minimum Gasteiger partial charge on any atom is -0.383 e. The van der Waals surface area contributed by atoms with Crippen LogP contribution in [-0.4, -0.2) is 14.3 Å². The van der Waals surface area contributed by atoms with Gasteiger partial charge in [0.05, 0.1) is 6.20 Å². The molecular weight excluding hydrogens is 196 g/mol. The summed E-state index contributed by atoms with van der Waals surface area (Å²) in [6.07, 6.45) is 1.42. The third-order valence-corrected chi connectivity index (χ3v) is 3.56. The third kappa shape index (κ3) is 2.10. The first kappa shape index (κ1) is 9.79. The molecular formula is C6H10N2O2S2. The van der Waals surface area contributed by atoms with Crippen LogP contribution in [0.3, 0.4) is 0 Å². The molecule has 1 aromatic heterocycles. The van der Waals surface area contributed by atoms with Gasteiger partial charge in [0.2, 0.25) is 0 Å². The number of rotatable bonds is 2. The second kappa shape index (κ2) is 3.21. The average molecular weight is 206 g/mol. The van der Waals surface area contributed by atoms with Crippen LogP contribution in [0.4, 0.5) is 0 Å². The van der Waals surface area contributed by atoms with Crippen molar-refractivity contribution in [1.82, 2.24) is 4.98 Å². The van der Waals surface area contributed by atoms with E-state index in [2.05, 4.69) is 4.98 Å². The number of thiazole rings is 1. The lowest BCUT2D eigenvalue weighted by molar-refractivity contribution is 0.0783. The maximum absolute atomic E-state index is 10.8. The van der Waals surface area contributed by atoms with Crippen molar-refractivity contribution in [2.24, 2.45) is 5.14 Å². The van der Waals surface area contributed by atoms with E-state index in [1.165, 1.54) is 6.20 Å². The van der Waals surface area contributed by atoms with E-state index in [0.717, 1.165) is 11.3 Å². The van der Waals surface area contributed by atoms with Crippen LogP contribution in [-0.2, 0) is 16.6 Å². The van der Waals surface area contributed by atoms with Crippen LogP contribution in [0.2, 0.25) is 0 Å². The lowest BCUT2D eigenvalue weighted by Crippen LogP contribution is -2.14. The quantitative estimate of drug-likeness (QED) is 0.733. The summed E-state index contributed by atoms with van der Waals surface area (Å²) in [6.45, 7) is 3.24. The van der Waals surface area contributed by atoms with E-state index >= 15 is 0 Å². The molecule has 4 nitrogen and oxygen atoms in total. The highest BCUT2D eigenvalue weighted by Crippen LogP contribution is 2.25. The minimum atomic E-state index is -1.50. The maximum Gasteiger partial charge on any atom is 0.134 e. The van der Waals surface area contributed by atoms with Crippen LogP contribution < -0.4 is 5.14 Å². The highest BCUT2D eigenvalue weighted by atomic mass is 32.2. The van der Waals surface area contributed by atoms with E-state index in [9.17, 15) is 9.32 Å². The van der Waals surface area contributed by atoms with Crippen LogP contribution in [0.25, 0.3) is 0 Å². The monoisotopic (exact) mass is 206 g/mol. The summed E-state index contributed by atoms with van der Waals surface area (Å²) in [6, 6.07) is 0. The van der Waals surface area contributed by atoms with Gasteiger partial charge in [-0.3, -0.25) is 0 Å². The Kier molecular flexibility index (Phi) is 2.62. The molecule has 0 saturated heterocycles. The highest BCUT2D eigenvalue weighted by Gasteiger charge is 2.20. The van der Waals surface area contributed by atoms with Gasteiger partial charge in [0.15, 0.2) is 0 Å². The number of nitrogens with zero attached hydrogens (tertiary/aromatic N) is 1. The van der Waals surface area contributed by atoms with Crippen molar-refractivity contribution in [3.8, 4) is 0 Å². The summed E-state index contributed by atoms with van der Waals surface area (Å²) in [4.78, 5) is 3.90. The Labute approximate surface area is 77.0 Å². The zero-order valence-electron chi connectivity index (χ0n) is 6.77. The van der Waals surface area contributed by atoms with Crippen LogP contribution >= 0.6 is 11.3 Å². The van der Waals surface area contributed by atoms with Crippen molar-refractivity contribution in [1.29, 1.82) is 0 Å². The summed E-state index contributed by atoms with van der Waals surface area (Å²) in [5.41, 5.74) is -0.984. The van der Waals surface area contributed by atoms with Gasteiger partial charge in [-0.1, -0.05) is 0 Å². The summed E-state index contributed by atoms with van der Waals surface area (Å²) in [5.74, 6) is 0. The molecule has 0 amide bonds. The van der Waals surface area contributed by atoms with Gasteiger partial charge in [0.25, 0.3) is 0 Å². The second-order valence-corrected chi connectivity index (χ2v) is 5.16. The van der Waals surface area contributed by atoms with Crippen LogP contribution in [0.5, 0.6) is 0 Å². The topological polar surface area (TPSA) is 76.2 Å². The Hall–Kier alpha value is -0.300. The Balaban J connectivity index is 3.00. The van der Waals surface area contributed by atoms with Crippen LogP contribution in [0.15, 0.2) is 10.4 Å². The lowest BCUT2D eigenvalue weighted by Gasteiger charge is -2.11. The fraction of sp³-hybridized carbons (Fsp3) is 0.500. The molecule has 68 valence electrons. The standard InChI is InChI=1S/C6H10N2O2S2/c1-6(2,9)5-8-3-4(11-5)12(7)10/h3,9H,7H2,1-2H3. The number of aromatic nitrogens is 1. The fourth-order valence-corrected chi connectivity index (χ4v) is 2.01. The zero-order valence-corrected chi connectivity index (χ0v) is 8.41. The van der Waals surface area contributed by atoms with Gasteiger partial charge in [-0.25, -0.2) is 14.3 Å². The van der Waals surface area contributed by atoms with Crippen molar-refractivity contribution in [3.05, 3.63) is 11.2 Å². The molecule has 1 atom stereocenters. The van der Waals surface area contributed by atoms with Gasteiger partial charge in [-0.2, -0.15) is 0 Å². The molecule has 0 saturated carbocycles.